The Bertz CT molecular complexity index is 773. The van der Waals surface area contributed by atoms with Crippen molar-refractivity contribution >= 4 is 45.0 Å². The molecular weight excluding hydrogens is 362 g/mol. The molecule has 0 radical (unpaired) electrons. The van der Waals surface area contributed by atoms with Crippen molar-refractivity contribution < 1.29 is 14.4 Å². The highest BCUT2D eigenvalue weighted by molar-refractivity contribution is 9.10. The second-order valence-electron chi connectivity index (χ2n) is 4.81. The molecule has 0 fully saturated rings. The van der Waals surface area contributed by atoms with Crippen molar-refractivity contribution in [1.82, 2.24) is 0 Å². The molecule has 118 valence electrons. The average Bonchev–Trinajstić information content (AvgIpc) is 2.50. The molecule has 3 amide bonds. The first-order chi connectivity index (χ1) is 10.9. The van der Waals surface area contributed by atoms with Gasteiger partial charge < -0.3 is 16.4 Å². The summed E-state index contributed by atoms with van der Waals surface area (Å²) in [5.41, 5.74) is 7.22. The summed E-state index contributed by atoms with van der Waals surface area (Å²) < 4.78 is 0.881. The molecule has 0 bridgehead atoms. The van der Waals surface area contributed by atoms with Gasteiger partial charge in [0.1, 0.15) is 0 Å². The van der Waals surface area contributed by atoms with Crippen LogP contribution in [0, 0.1) is 6.92 Å². The van der Waals surface area contributed by atoms with E-state index in [-0.39, 0.29) is 0 Å². The van der Waals surface area contributed by atoms with Gasteiger partial charge in [-0.1, -0.05) is 15.9 Å². The van der Waals surface area contributed by atoms with Crippen molar-refractivity contribution in [2.24, 2.45) is 5.73 Å². The monoisotopic (exact) mass is 375 g/mol. The fourth-order valence-corrected chi connectivity index (χ4v) is 2.33. The highest BCUT2D eigenvalue weighted by Crippen LogP contribution is 2.20. The van der Waals surface area contributed by atoms with E-state index in [4.69, 9.17) is 5.73 Å². The number of rotatable bonds is 3. The fourth-order valence-electron chi connectivity index (χ4n) is 1.85. The number of carbonyl (C=O) groups excluding carboxylic acids is 3. The minimum Gasteiger partial charge on any atom is -0.366 e. The summed E-state index contributed by atoms with van der Waals surface area (Å²) in [6.07, 6.45) is 0. The molecule has 0 saturated carbocycles. The smallest absolute Gasteiger partial charge is 0.314 e. The van der Waals surface area contributed by atoms with Crippen LogP contribution in [-0.4, -0.2) is 17.7 Å². The van der Waals surface area contributed by atoms with Crippen LogP contribution in [0.15, 0.2) is 46.9 Å². The van der Waals surface area contributed by atoms with E-state index in [0.717, 1.165) is 10.0 Å². The van der Waals surface area contributed by atoms with Gasteiger partial charge in [0.25, 0.3) is 0 Å². The molecule has 0 aliphatic heterocycles. The number of amides is 3. The topological polar surface area (TPSA) is 101 Å². The molecule has 0 unspecified atom stereocenters. The van der Waals surface area contributed by atoms with Crippen LogP contribution in [0.3, 0.4) is 0 Å². The third-order valence-corrected chi connectivity index (χ3v) is 3.56. The van der Waals surface area contributed by atoms with Gasteiger partial charge in [0, 0.05) is 21.4 Å². The molecule has 4 N–H and O–H groups in total. The Labute approximate surface area is 141 Å². The quantitative estimate of drug-likeness (QED) is 0.717. The Hall–Kier alpha value is -2.67. The zero-order chi connectivity index (χ0) is 17.0. The first kappa shape index (κ1) is 16.7. The maximum absolute atomic E-state index is 11.9. The SMILES string of the molecule is Cc1cc(Br)ccc1NC(=O)C(=O)Nc1ccc(C(N)=O)cc1. The Morgan fingerprint density at radius 2 is 1.57 bits per heavy atom. The van der Waals surface area contributed by atoms with Gasteiger partial charge >= 0.3 is 11.8 Å². The molecule has 0 aliphatic rings. The fraction of sp³-hybridized carbons (Fsp3) is 0.0625. The molecule has 0 saturated heterocycles. The number of aryl methyl sites for hydroxylation is 1. The largest absolute Gasteiger partial charge is 0.366 e. The Morgan fingerprint density at radius 1 is 0.957 bits per heavy atom. The second kappa shape index (κ2) is 7.06. The van der Waals surface area contributed by atoms with E-state index in [1.54, 1.807) is 12.1 Å². The Kier molecular flexibility index (Phi) is 5.13. The second-order valence-corrected chi connectivity index (χ2v) is 5.72. The van der Waals surface area contributed by atoms with E-state index in [2.05, 4.69) is 26.6 Å². The first-order valence-corrected chi connectivity index (χ1v) is 7.44. The predicted octanol–water partition coefficient (Wildman–Crippen LogP) is 2.43. The maximum Gasteiger partial charge on any atom is 0.314 e. The lowest BCUT2D eigenvalue weighted by Gasteiger charge is -2.09. The van der Waals surface area contributed by atoms with Gasteiger partial charge in [-0.25, -0.2) is 0 Å². The molecule has 7 heteroatoms. The summed E-state index contributed by atoms with van der Waals surface area (Å²) in [5, 5.41) is 4.99. The molecule has 6 nitrogen and oxygen atoms in total. The van der Waals surface area contributed by atoms with Crippen molar-refractivity contribution in [3.63, 3.8) is 0 Å². The van der Waals surface area contributed by atoms with Crippen LogP contribution in [0.4, 0.5) is 11.4 Å². The summed E-state index contributed by atoms with van der Waals surface area (Å²) in [7, 11) is 0. The van der Waals surface area contributed by atoms with E-state index in [0.29, 0.717) is 16.9 Å². The van der Waals surface area contributed by atoms with Gasteiger partial charge in [-0.15, -0.1) is 0 Å². The van der Waals surface area contributed by atoms with Crippen LogP contribution in [0.5, 0.6) is 0 Å². The lowest BCUT2D eigenvalue weighted by atomic mass is 10.2. The summed E-state index contributed by atoms with van der Waals surface area (Å²) >= 11 is 3.33. The summed E-state index contributed by atoms with van der Waals surface area (Å²) in [6, 6.07) is 11.2. The number of anilines is 2. The standard InChI is InChI=1S/C16H14BrN3O3/c1-9-8-11(17)4-7-13(9)20-16(23)15(22)19-12-5-2-10(3-6-12)14(18)21/h2-8H,1H3,(H2,18,21)(H,19,22)(H,20,23). The predicted molar refractivity (Wildman–Crippen MR) is 91.1 cm³/mol. The van der Waals surface area contributed by atoms with E-state index >= 15 is 0 Å². The van der Waals surface area contributed by atoms with Gasteiger partial charge in [-0.05, 0) is 55.0 Å². The highest BCUT2D eigenvalue weighted by Gasteiger charge is 2.15. The molecule has 2 aromatic rings. The minimum atomic E-state index is -0.806. The lowest BCUT2D eigenvalue weighted by molar-refractivity contribution is -0.133. The number of hydrogen-bond donors (Lipinski definition) is 3. The summed E-state index contributed by atoms with van der Waals surface area (Å²) in [4.78, 5) is 34.8. The van der Waals surface area contributed by atoms with E-state index in [9.17, 15) is 14.4 Å². The number of benzene rings is 2. The number of primary amides is 1. The molecule has 2 aromatic carbocycles. The van der Waals surface area contributed by atoms with Crippen LogP contribution in [0.1, 0.15) is 15.9 Å². The number of nitrogens with one attached hydrogen (secondary N) is 2. The normalized spacial score (nSPS) is 10.0. The van der Waals surface area contributed by atoms with Crippen molar-refractivity contribution in [2.75, 3.05) is 10.6 Å². The Balaban J connectivity index is 2.02. The van der Waals surface area contributed by atoms with Crippen molar-refractivity contribution in [3.05, 3.63) is 58.1 Å². The molecule has 0 heterocycles. The van der Waals surface area contributed by atoms with Crippen LogP contribution in [0.2, 0.25) is 0 Å². The highest BCUT2D eigenvalue weighted by atomic mass is 79.9. The molecule has 0 aromatic heterocycles. The zero-order valence-electron chi connectivity index (χ0n) is 12.2. The first-order valence-electron chi connectivity index (χ1n) is 6.65. The number of hydrogen-bond acceptors (Lipinski definition) is 3. The minimum absolute atomic E-state index is 0.318. The maximum atomic E-state index is 11.9. The van der Waals surface area contributed by atoms with Crippen molar-refractivity contribution in [2.45, 2.75) is 6.92 Å². The van der Waals surface area contributed by atoms with Crippen LogP contribution >= 0.6 is 15.9 Å². The molecule has 0 atom stereocenters. The van der Waals surface area contributed by atoms with Crippen molar-refractivity contribution in [3.8, 4) is 0 Å². The van der Waals surface area contributed by atoms with Gasteiger partial charge in [-0.3, -0.25) is 14.4 Å². The molecular formula is C16H14BrN3O3. The number of nitrogens with two attached hydrogens (primary N) is 1. The molecule has 0 aliphatic carbocycles. The van der Waals surface area contributed by atoms with E-state index in [1.807, 2.05) is 13.0 Å². The van der Waals surface area contributed by atoms with Gasteiger partial charge in [0.15, 0.2) is 0 Å². The summed E-state index contributed by atoms with van der Waals surface area (Å²) in [6.45, 7) is 1.82. The average molecular weight is 376 g/mol. The van der Waals surface area contributed by atoms with Gasteiger partial charge in [0.2, 0.25) is 5.91 Å². The summed E-state index contributed by atoms with van der Waals surface area (Å²) in [5.74, 6) is -2.15. The third kappa shape index (κ3) is 4.40. The number of carbonyl (C=O) groups is 3. The third-order valence-electron chi connectivity index (χ3n) is 3.07. The Morgan fingerprint density at radius 3 is 2.13 bits per heavy atom. The molecule has 0 spiro atoms. The molecule has 23 heavy (non-hydrogen) atoms. The van der Waals surface area contributed by atoms with Gasteiger partial charge in [0.05, 0.1) is 0 Å². The van der Waals surface area contributed by atoms with Crippen LogP contribution < -0.4 is 16.4 Å². The van der Waals surface area contributed by atoms with Crippen LogP contribution in [0.25, 0.3) is 0 Å². The lowest BCUT2D eigenvalue weighted by Crippen LogP contribution is -2.29. The van der Waals surface area contributed by atoms with Crippen molar-refractivity contribution in [1.29, 1.82) is 0 Å². The van der Waals surface area contributed by atoms with E-state index < -0.39 is 17.7 Å². The molecule has 2 rings (SSSR count). The van der Waals surface area contributed by atoms with E-state index in [1.165, 1.54) is 24.3 Å². The van der Waals surface area contributed by atoms with Gasteiger partial charge in [-0.2, -0.15) is 0 Å². The van der Waals surface area contributed by atoms with Crippen LogP contribution in [-0.2, 0) is 9.59 Å². The zero-order valence-corrected chi connectivity index (χ0v) is 13.8. The number of halogens is 1.